The van der Waals surface area contributed by atoms with Gasteiger partial charge in [-0.25, -0.2) is 0 Å². The summed E-state index contributed by atoms with van der Waals surface area (Å²) >= 11 is 0. The molecule has 7 nitrogen and oxygen atoms in total. The molecule has 7 heteroatoms. The maximum Gasteiger partial charge on any atom is 0.139 e. The van der Waals surface area contributed by atoms with Crippen LogP contribution in [0.3, 0.4) is 0 Å². The van der Waals surface area contributed by atoms with E-state index >= 15 is 0 Å². The highest BCUT2D eigenvalue weighted by molar-refractivity contribution is 5.89. The Kier molecular flexibility index (Phi) is 13.0. The summed E-state index contributed by atoms with van der Waals surface area (Å²) in [6, 6.07) is 20.6. The lowest BCUT2D eigenvalue weighted by molar-refractivity contribution is -0.315. The zero-order valence-corrected chi connectivity index (χ0v) is 31.3. The van der Waals surface area contributed by atoms with Crippen molar-refractivity contribution in [2.75, 3.05) is 0 Å². The standard InChI is InChI=1S/C20H32N2O2.C20H31NO2/c1-7-19(5)14-18(21-23)15(3)20(6,8-2)22(19)24-16(4)17-12-10-9-11-13-17;1-7-19(5)14-18(22)15(3)20(6,8-2)21(19)23-16(4)17-12-10-9-11-13-17/h9-13,15-16,23H,7-8,14H2,1-6H3;9-13,15-16H,7-8,14H2,1-6H3/b21-18-;. The van der Waals surface area contributed by atoms with Crippen LogP contribution in [0.15, 0.2) is 65.8 Å². The molecule has 262 valence electrons. The number of hydroxylamine groups is 4. The van der Waals surface area contributed by atoms with Crippen LogP contribution in [-0.4, -0.2) is 49.0 Å². The van der Waals surface area contributed by atoms with E-state index in [1.165, 1.54) is 5.56 Å². The number of ketones is 1. The molecule has 2 aromatic carbocycles. The van der Waals surface area contributed by atoms with Gasteiger partial charge in [-0.1, -0.05) is 107 Å². The van der Waals surface area contributed by atoms with Gasteiger partial charge in [-0.3, -0.25) is 14.5 Å². The van der Waals surface area contributed by atoms with Crippen molar-refractivity contribution in [1.82, 2.24) is 10.1 Å². The first-order valence-electron chi connectivity index (χ1n) is 17.9. The minimum atomic E-state index is -0.275. The van der Waals surface area contributed by atoms with Crippen LogP contribution < -0.4 is 0 Å². The number of Topliss-reactive ketones (excluding diaryl/α,β-unsaturated/α-hetero) is 1. The van der Waals surface area contributed by atoms with E-state index in [0.717, 1.165) is 43.4 Å². The Bertz CT molecular complexity index is 1320. The van der Waals surface area contributed by atoms with Crippen LogP contribution in [0.1, 0.15) is 145 Å². The summed E-state index contributed by atoms with van der Waals surface area (Å²) in [7, 11) is 0. The number of oxime groups is 1. The molecule has 0 radical (unpaired) electrons. The van der Waals surface area contributed by atoms with E-state index in [0.29, 0.717) is 12.2 Å². The molecule has 2 heterocycles. The Morgan fingerprint density at radius 2 is 1.09 bits per heavy atom. The summed E-state index contributed by atoms with van der Waals surface area (Å²) in [6.07, 6.45) is 4.84. The predicted octanol–water partition coefficient (Wildman–Crippen LogP) is 10.1. The monoisotopic (exact) mass is 649 g/mol. The van der Waals surface area contributed by atoms with Crippen molar-refractivity contribution in [2.24, 2.45) is 17.0 Å². The molecule has 0 spiro atoms. The molecular weight excluding hydrogens is 586 g/mol. The molecule has 4 rings (SSSR count). The van der Waals surface area contributed by atoms with Gasteiger partial charge in [-0.15, -0.1) is 0 Å². The third-order valence-corrected chi connectivity index (χ3v) is 12.0. The van der Waals surface area contributed by atoms with Crippen LogP contribution in [0.2, 0.25) is 0 Å². The summed E-state index contributed by atoms with van der Waals surface area (Å²) in [5.74, 6) is 0.469. The number of nitrogens with zero attached hydrogens (tertiary/aromatic N) is 3. The Morgan fingerprint density at radius 3 is 1.45 bits per heavy atom. The number of carbonyl (C=O) groups excluding carboxylic acids is 1. The molecule has 2 aliphatic heterocycles. The van der Waals surface area contributed by atoms with E-state index in [-0.39, 0.29) is 46.2 Å². The molecule has 2 aliphatic rings. The van der Waals surface area contributed by atoms with E-state index < -0.39 is 0 Å². The summed E-state index contributed by atoms with van der Waals surface area (Å²) in [4.78, 5) is 25.6. The Morgan fingerprint density at radius 1 is 0.702 bits per heavy atom. The Balaban J connectivity index is 0.000000256. The fourth-order valence-electron chi connectivity index (χ4n) is 7.45. The molecule has 0 aromatic heterocycles. The molecule has 2 saturated heterocycles. The van der Waals surface area contributed by atoms with Crippen molar-refractivity contribution >= 4 is 11.5 Å². The first-order chi connectivity index (χ1) is 22.1. The average Bonchev–Trinajstić information content (AvgIpc) is 3.10. The molecule has 2 aromatic rings. The largest absolute Gasteiger partial charge is 0.411 e. The fourth-order valence-corrected chi connectivity index (χ4v) is 7.45. The molecule has 2 fully saturated rings. The molecule has 0 bridgehead atoms. The summed E-state index contributed by atoms with van der Waals surface area (Å²) in [5.41, 5.74) is 2.27. The van der Waals surface area contributed by atoms with Crippen molar-refractivity contribution in [3.63, 3.8) is 0 Å². The van der Waals surface area contributed by atoms with E-state index in [9.17, 15) is 10.0 Å². The SMILES string of the molecule is CCC1(C)C/C(=N/O)C(C)C(C)(CC)N1OC(C)c1ccccc1.CCC1(C)CC(=O)C(C)C(C)(CC)N1OC(C)c1ccccc1. The highest BCUT2D eigenvalue weighted by atomic mass is 16.7. The minimum absolute atomic E-state index is 0.0184. The number of hydrogen-bond donors (Lipinski definition) is 1. The molecule has 47 heavy (non-hydrogen) atoms. The number of piperidine rings is 2. The second-order valence-electron chi connectivity index (χ2n) is 14.9. The highest BCUT2D eigenvalue weighted by Gasteiger charge is 2.55. The van der Waals surface area contributed by atoms with Crippen LogP contribution in [0.5, 0.6) is 0 Å². The topological polar surface area (TPSA) is 74.6 Å². The van der Waals surface area contributed by atoms with Gasteiger partial charge in [0, 0.05) is 30.2 Å². The van der Waals surface area contributed by atoms with Gasteiger partial charge < -0.3 is 5.21 Å². The molecule has 8 unspecified atom stereocenters. The Labute approximate surface area is 285 Å². The zero-order chi connectivity index (χ0) is 35.2. The maximum absolute atomic E-state index is 12.6. The summed E-state index contributed by atoms with van der Waals surface area (Å²) < 4.78 is 0. The normalized spacial score (nSPS) is 34.0. The Hall–Kier alpha value is -2.58. The minimum Gasteiger partial charge on any atom is -0.411 e. The third-order valence-electron chi connectivity index (χ3n) is 12.0. The molecule has 1 N–H and O–H groups in total. The van der Waals surface area contributed by atoms with E-state index in [1.807, 2.05) is 43.3 Å². The van der Waals surface area contributed by atoms with Crippen LogP contribution in [0.25, 0.3) is 0 Å². The second kappa shape index (κ2) is 15.8. The van der Waals surface area contributed by atoms with Crippen molar-refractivity contribution in [3.05, 3.63) is 71.8 Å². The highest BCUT2D eigenvalue weighted by Crippen LogP contribution is 2.47. The van der Waals surface area contributed by atoms with Gasteiger partial charge in [0.05, 0.1) is 22.3 Å². The third kappa shape index (κ3) is 7.85. The van der Waals surface area contributed by atoms with Crippen LogP contribution in [0, 0.1) is 11.8 Å². The number of benzene rings is 2. The predicted molar refractivity (Wildman–Crippen MR) is 192 cm³/mol. The van der Waals surface area contributed by atoms with Gasteiger partial charge in [0.25, 0.3) is 0 Å². The smallest absolute Gasteiger partial charge is 0.139 e. The summed E-state index contributed by atoms with van der Waals surface area (Å²) in [5, 5.41) is 17.5. The number of rotatable bonds is 10. The molecule has 0 amide bonds. The molecule has 0 saturated carbocycles. The lowest BCUT2D eigenvalue weighted by Crippen LogP contribution is -2.66. The van der Waals surface area contributed by atoms with Crippen molar-refractivity contribution in [3.8, 4) is 0 Å². The second-order valence-corrected chi connectivity index (χ2v) is 14.9. The summed E-state index contributed by atoms with van der Waals surface area (Å²) in [6.45, 7) is 25.7. The van der Waals surface area contributed by atoms with E-state index in [2.05, 4.69) is 116 Å². The average molecular weight is 650 g/mol. The molecular formula is C40H63N3O4. The van der Waals surface area contributed by atoms with E-state index in [4.69, 9.17) is 9.68 Å². The first kappa shape index (κ1) is 38.9. The number of carbonyl (C=O) groups is 1. The van der Waals surface area contributed by atoms with Gasteiger partial charge in [0.1, 0.15) is 18.0 Å². The van der Waals surface area contributed by atoms with Gasteiger partial charge in [-0.05, 0) is 78.4 Å². The number of hydrogen-bond acceptors (Lipinski definition) is 7. The maximum atomic E-state index is 12.6. The van der Waals surface area contributed by atoms with Crippen molar-refractivity contribution in [2.45, 2.75) is 156 Å². The first-order valence-corrected chi connectivity index (χ1v) is 17.9. The van der Waals surface area contributed by atoms with Gasteiger partial charge >= 0.3 is 0 Å². The lowest BCUT2D eigenvalue weighted by Gasteiger charge is -2.57. The molecule has 0 aliphatic carbocycles. The lowest BCUT2D eigenvalue weighted by atomic mass is 9.70. The van der Waals surface area contributed by atoms with Crippen molar-refractivity contribution < 1.29 is 19.7 Å². The fraction of sp³-hybridized carbons (Fsp3) is 0.650. The van der Waals surface area contributed by atoms with Gasteiger partial charge in [-0.2, -0.15) is 10.1 Å². The van der Waals surface area contributed by atoms with Crippen LogP contribution >= 0.6 is 0 Å². The quantitative estimate of drug-likeness (QED) is 0.204. The van der Waals surface area contributed by atoms with Gasteiger partial charge in [0.15, 0.2) is 0 Å². The van der Waals surface area contributed by atoms with E-state index in [1.54, 1.807) is 0 Å². The van der Waals surface area contributed by atoms with Crippen LogP contribution in [0.4, 0.5) is 0 Å². The molecule has 8 atom stereocenters. The van der Waals surface area contributed by atoms with Crippen molar-refractivity contribution in [1.29, 1.82) is 0 Å². The van der Waals surface area contributed by atoms with Crippen LogP contribution in [-0.2, 0) is 14.5 Å². The zero-order valence-electron chi connectivity index (χ0n) is 31.3. The van der Waals surface area contributed by atoms with Gasteiger partial charge in [0.2, 0.25) is 0 Å².